The first kappa shape index (κ1) is 15.8. The normalized spacial score (nSPS) is 27.5. The molecule has 1 rings (SSSR count). The molecule has 0 radical (unpaired) electrons. The highest BCUT2D eigenvalue weighted by Gasteiger charge is 2.45. The fourth-order valence-corrected chi connectivity index (χ4v) is 3.38. The van der Waals surface area contributed by atoms with Crippen LogP contribution >= 0.6 is 0 Å². The lowest BCUT2D eigenvalue weighted by Gasteiger charge is -2.40. The SMILES string of the molecule is CCCC(C)(C)C[C@H]1CC[C@H](C(F)(F)F)N(C)C1. The van der Waals surface area contributed by atoms with Crippen LogP contribution in [0.4, 0.5) is 13.2 Å². The Bertz CT molecular complexity index is 260. The lowest BCUT2D eigenvalue weighted by Crippen LogP contribution is -2.49. The van der Waals surface area contributed by atoms with Crippen molar-refractivity contribution < 1.29 is 13.2 Å². The van der Waals surface area contributed by atoms with Gasteiger partial charge in [-0.15, -0.1) is 0 Å². The smallest absolute Gasteiger partial charge is 0.295 e. The van der Waals surface area contributed by atoms with E-state index in [2.05, 4.69) is 20.8 Å². The standard InChI is InChI=1S/C14H26F3N/c1-5-8-13(2,3)9-11-6-7-12(14(15,16)17)18(4)10-11/h11-12H,5-10H2,1-4H3/t11-,12-/m1/s1. The Labute approximate surface area is 109 Å². The highest BCUT2D eigenvalue weighted by atomic mass is 19.4. The number of halogens is 3. The molecular weight excluding hydrogens is 239 g/mol. The minimum absolute atomic E-state index is 0.255. The predicted octanol–water partition coefficient (Wildman–Crippen LogP) is 4.48. The van der Waals surface area contributed by atoms with E-state index in [1.54, 1.807) is 7.05 Å². The van der Waals surface area contributed by atoms with Gasteiger partial charge in [0.05, 0.1) is 0 Å². The molecule has 0 aliphatic carbocycles. The lowest BCUT2D eigenvalue weighted by molar-refractivity contribution is -0.191. The van der Waals surface area contributed by atoms with Crippen LogP contribution in [0.15, 0.2) is 0 Å². The molecule has 0 aromatic heterocycles. The molecule has 1 fully saturated rings. The number of likely N-dealkylation sites (tertiary alicyclic amines) is 1. The zero-order valence-electron chi connectivity index (χ0n) is 12.0. The van der Waals surface area contributed by atoms with Crippen molar-refractivity contribution in [1.29, 1.82) is 0 Å². The van der Waals surface area contributed by atoms with Crippen LogP contribution in [0, 0.1) is 11.3 Å². The van der Waals surface area contributed by atoms with Gasteiger partial charge in [0, 0.05) is 6.54 Å². The van der Waals surface area contributed by atoms with Gasteiger partial charge in [0.15, 0.2) is 0 Å². The molecule has 18 heavy (non-hydrogen) atoms. The Morgan fingerprint density at radius 3 is 2.22 bits per heavy atom. The van der Waals surface area contributed by atoms with Gasteiger partial charge in [0.25, 0.3) is 0 Å². The first-order chi connectivity index (χ1) is 8.15. The van der Waals surface area contributed by atoms with Crippen LogP contribution in [0.5, 0.6) is 0 Å². The summed E-state index contributed by atoms with van der Waals surface area (Å²) in [6.07, 6.45) is 0.222. The number of alkyl halides is 3. The quantitative estimate of drug-likeness (QED) is 0.724. The number of hydrogen-bond donors (Lipinski definition) is 0. The third-order valence-electron chi connectivity index (χ3n) is 4.07. The van der Waals surface area contributed by atoms with Gasteiger partial charge >= 0.3 is 6.18 Å². The first-order valence-electron chi connectivity index (χ1n) is 6.92. The maximum absolute atomic E-state index is 12.7. The molecule has 1 aliphatic heterocycles. The van der Waals surface area contributed by atoms with Gasteiger partial charge in [-0.25, -0.2) is 0 Å². The Balaban J connectivity index is 2.51. The van der Waals surface area contributed by atoms with Gasteiger partial charge in [0.1, 0.15) is 6.04 Å². The molecule has 0 unspecified atom stereocenters. The van der Waals surface area contributed by atoms with Gasteiger partial charge in [-0.05, 0) is 44.1 Å². The molecule has 1 nitrogen and oxygen atoms in total. The van der Waals surface area contributed by atoms with Crippen molar-refractivity contribution in [1.82, 2.24) is 4.90 Å². The van der Waals surface area contributed by atoms with Crippen LogP contribution in [0.2, 0.25) is 0 Å². The molecule has 0 saturated carbocycles. The summed E-state index contributed by atoms with van der Waals surface area (Å²) in [4.78, 5) is 1.50. The second-order valence-electron chi connectivity index (χ2n) is 6.56. The average Bonchev–Trinajstić information content (AvgIpc) is 2.13. The third-order valence-corrected chi connectivity index (χ3v) is 4.07. The minimum Gasteiger partial charge on any atom is -0.295 e. The molecule has 1 aliphatic rings. The Kier molecular flexibility index (Phi) is 5.10. The van der Waals surface area contributed by atoms with E-state index >= 15 is 0 Å². The van der Waals surface area contributed by atoms with Crippen LogP contribution in [-0.4, -0.2) is 30.7 Å². The van der Waals surface area contributed by atoms with Gasteiger partial charge < -0.3 is 0 Å². The van der Waals surface area contributed by atoms with E-state index in [1.165, 1.54) is 4.90 Å². The Morgan fingerprint density at radius 2 is 1.78 bits per heavy atom. The molecule has 0 spiro atoms. The summed E-state index contributed by atoms with van der Waals surface area (Å²) in [6, 6.07) is -1.23. The van der Waals surface area contributed by atoms with Gasteiger partial charge in [-0.3, -0.25) is 4.90 Å². The maximum atomic E-state index is 12.7. The molecule has 0 aromatic rings. The molecule has 0 amide bonds. The molecule has 108 valence electrons. The monoisotopic (exact) mass is 265 g/mol. The highest BCUT2D eigenvalue weighted by Crippen LogP contribution is 2.38. The molecular formula is C14H26F3N. The third kappa shape index (κ3) is 4.45. The summed E-state index contributed by atoms with van der Waals surface area (Å²) in [6.45, 7) is 7.20. The predicted molar refractivity (Wildman–Crippen MR) is 68.5 cm³/mol. The Morgan fingerprint density at radius 1 is 1.17 bits per heavy atom. The van der Waals surface area contributed by atoms with Crippen molar-refractivity contribution in [3.8, 4) is 0 Å². The summed E-state index contributed by atoms with van der Waals surface area (Å²) in [5.74, 6) is 0.412. The lowest BCUT2D eigenvalue weighted by atomic mass is 9.76. The first-order valence-corrected chi connectivity index (χ1v) is 6.92. The fourth-order valence-electron chi connectivity index (χ4n) is 3.38. The summed E-state index contributed by atoms with van der Waals surface area (Å²) in [7, 11) is 1.61. The van der Waals surface area contributed by atoms with Crippen LogP contribution in [0.3, 0.4) is 0 Å². The summed E-state index contributed by atoms with van der Waals surface area (Å²) < 4.78 is 38.2. The molecule has 4 heteroatoms. The maximum Gasteiger partial charge on any atom is 0.404 e. The molecule has 0 aromatic carbocycles. The zero-order chi connectivity index (χ0) is 14.0. The van der Waals surface area contributed by atoms with Crippen molar-refractivity contribution >= 4 is 0 Å². The van der Waals surface area contributed by atoms with Crippen molar-refractivity contribution in [2.24, 2.45) is 11.3 Å². The van der Waals surface area contributed by atoms with E-state index in [-0.39, 0.29) is 11.8 Å². The zero-order valence-corrected chi connectivity index (χ0v) is 12.0. The van der Waals surface area contributed by atoms with Crippen LogP contribution < -0.4 is 0 Å². The summed E-state index contributed by atoms with van der Waals surface area (Å²) in [5.41, 5.74) is 0.255. The van der Waals surface area contributed by atoms with Crippen LogP contribution in [-0.2, 0) is 0 Å². The molecule has 0 N–H and O–H groups in total. The highest BCUT2D eigenvalue weighted by molar-refractivity contribution is 4.86. The Hall–Kier alpha value is -0.250. The van der Waals surface area contributed by atoms with Crippen LogP contribution in [0.1, 0.15) is 52.9 Å². The number of hydrogen-bond acceptors (Lipinski definition) is 1. The van der Waals surface area contributed by atoms with Crippen molar-refractivity contribution in [3.05, 3.63) is 0 Å². The second kappa shape index (κ2) is 5.81. The fraction of sp³-hybridized carbons (Fsp3) is 1.00. The molecule has 1 saturated heterocycles. The second-order valence-corrected chi connectivity index (χ2v) is 6.56. The minimum atomic E-state index is -4.07. The summed E-state index contributed by atoms with van der Waals surface area (Å²) >= 11 is 0. The van der Waals surface area contributed by atoms with E-state index in [9.17, 15) is 13.2 Å². The average molecular weight is 265 g/mol. The number of nitrogens with zero attached hydrogens (tertiary/aromatic N) is 1. The number of rotatable bonds is 4. The van der Waals surface area contributed by atoms with E-state index in [0.717, 1.165) is 19.3 Å². The van der Waals surface area contributed by atoms with Gasteiger partial charge in [-0.1, -0.05) is 27.2 Å². The van der Waals surface area contributed by atoms with Crippen molar-refractivity contribution in [2.75, 3.05) is 13.6 Å². The topological polar surface area (TPSA) is 3.24 Å². The molecule has 2 atom stereocenters. The van der Waals surface area contributed by atoms with Gasteiger partial charge in [-0.2, -0.15) is 13.2 Å². The molecule has 0 bridgehead atoms. The van der Waals surface area contributed by atoms with E-state index < -0.39 is 12.2 Å². The van der Waals surface area contributed by atoms with E-state index in [4.69, 9.17) is 0 Å². The van der Waals surface area contributed by atoms with Crippen molar-refractivity contribution in [3.63, 3.8) is 0 Å². The van der Waals surface area contributed by atoms with E-state index in [0.29, 0.717) is 18.9 Å². The van der Waals surface area contributed by atoms with E-state index in [1.807, 2.05) is 0 Å². The number of piperidine rings is 1. The van der Waals surface area contributed by atoms with Crippen LogP contribution in [0.25, 0.3) is 0 Å². The van der Waals surface area contributed by atoms with Crippen molar-refractivity contribution in [2.45, 2.75) is 65.1 Å². The molecule has 1 heterocycles. The van der Waals surface area contributed by atoms with Gasteiger partial charge in [0.2, 0.25) is 0 Å². The summed E-state index contributed by atoms with van der Waals surface area (Å²) in [5, 5.41) is 0. The largest absolute Gasteiger partial charge is 0.404 e.